The van der Waals surface area contributed by atoms with E-state index < -0.39 is 5.25 Å². The lowest BCUT2D eigenvalue weighted by Gasteiger charge is -2.31. The highest BCUT2D eigenvalue weighted by molar-refractivity contribution is 8.15. The second-order valence-electron chi connectivity index (χ2n) is 6.49. The van der Waals surface area contributed by atoms with Gasteiger partial charge in [-0.1, -0.05) is 29.4 Å². The van der Waals surface area contributed by atoms with Crippen LogP contribution in [0.2, 0.25) is 5.02 Å². The summed E-state index contributed by atoms with van der Waals surface area (Å²) in [5.41, 5.74) is 2.24. The average molecular weight is 432 g/mol. The molecule has 0 saturated carbocycles. The van der Waals surface area contributed by atoms with Gasteiger partial charge >= 0.3 is 0 Å². The Morgan fingerprint density at radius 2 is 2.03 bits per heavy atom. The van der Waals surface area contributed by atoms with Crippen LogP contribution in [-0.4, -0.2) is 40.8 Å². The number of hydrogen-bond acceptors (Lipinski definition) is 5. The van der Waals surface area contributed by atoms with Crippen LogP contribution < -0.4 is 10.1 Å². The number of benzene rings is 2. The van der Waals surface area contributed by atoms with Crippen molar-refractivity contribution in [3.63, 3.8) is 0 Å². The van der Waals surface area contributed by atoms with Crippen molar-refractivity contribution in [1.82, 2.24) is 4.90 Å². The third-order valence-corrected chi connectivity index (χ3v) is 6.08. The maximum absolute atomic E-state index is 12.7. The van der Waals surface area contributed by atoms with Crippen molar-refractivity contribution in [1.29, 1.82) is 0 Å². The largest absolute Gasteiger partial charge is 0.497 e. The average Bonchev–Trinajstić information content (AvgIpc) is 2.71. The van der Waals surface area contributed by atoms with Crippen molar-refractivity contribution in [2.24, 2.45) is 4.99 Å². The van der Waals surface area contributed by atoms with Crippen LogP contribution in [0.25, 0.3) is 0 Å². The highest BCUT2D eigenvalue weighted by Crippen LogP contribution is 2.31. The summed E-state index contributed by atoms with van der Waals surface area (Å²) in [5.74, 6) is 0.340. The number of aryl methyl sites for hydroxylation is 1. The molecule has 0 radical (unpaired) electrons. The molecule has 0 aromatic heterocycles. The Hall–Kier alpha value is -2.51. The van der Waals surface area contributed by atoms with Crippen LogP contribution in [-0.2, 0) is 9.59 Å². The van der Waals surface area contributed by atoms with Gasteiger partial charge in [0.05, 0.1) is 12.8 Å². The Labute approximate surface area is 179 Å². The summed E-state index contributed by atoms with van der Waals surface area (Å²) in [6, 6.07) is 12.5. The van der Waals surface area contributed by atoms with E-state index in [1.165, 1.54) is 11.8 Å². The van der Waals surface area contributed by atoms with Crippen molar-refractivity contribution in [3.05, 3.63) is 53.1 Å². The number of aliphatic imine (C=N–C) groups is 1. The van der Waals surface area contributed by atoms with E-state index in [4.69, 9.17) is 16.3 Å². The standard InChI is InChI=1S/C21H22ClN3O3S/c1-4-25-19(26)12-18(20(27)23-14-7-9-16(28-3)10-8-14)29-21(25)24-15-6-5-13(2)17(22)11-15/h5-11,18H,4,12H2,1-3H3,(H,23,27). The molecule has 0 spiro atoms. The number of nitrogens with zero attached hydrogens (tertiary/aromatic N) is 2. The first-order valence-corrected chi connectivity index (χ1v) is 10.4. The summed E-state index contributed by atoms with van der Waals surface area (Å²) in [6.45, 7) is 4.28. The number of nitrogens with one attached hydrogen (secondary N) is 1. The third kappa shape index (κ3) is 5.10. The minimum atomic E-state index is -0.563. The molecule has 0 aliphatic carbocycles. The number of hydrogen-bond donors (Lipinski definition) is 1. The Balaban J connectivity index is 1.79. The van der Waals surface area contributed by atoms with Gasteiger partial charge in [0.1, 0.15) is 11.0 Å². The lowest BCUT2D eigenvalue weighted by atomic mass is 10.2. The number of amidine groups is 1. The number of methoxy groups -OCH3 is 1. The van der Waals surface area contributed by atoms with Crippen molar-refractivity contribution in [3.8, 4) is 5.75 Å². The van der Waals surface area contributed by atoms with E-state index >= 15 is 0 Å². The van der Waals surface area contributed by atoms with E-state index in [1.807, 2.05) is 26.0 Å². The Bertz CT molecular complexity index is 947. The first-order valence-electron chi connectivity index (χ1n) is 9.18. The van der Waals surface area contributed by atoms with E-state index in [9.17, 15) is 9.59 Å². The zero-order valence-electron chi connectivity index (χ0n) is 16.4. The molecule has 1 N–H and O–H groups in total. The fraction of sp³-hybridized carbons (Fsp3) is 0.286. The minimum Gasteiger partial charge on any atom is -0.497 e. The Kier molecular flexibility index (Phi) is 6.82. The molecule has 1 aliphatic rings. The molecule has 2 aromatic carbocycles. The van der Waals surface area contributed by atoms with E-state index in [-0.39, 0.29) is 18.2 Å². The van der Waals surface area contributed by atoms with Crippen LogP contribution in [0.15, 0.2) is 47.5 Å². The monoisotopic (exact) mass is 431 g/mol. The topological polar surface area (TPSA) is 71.0 Å². The molecule has 0 bridgehead atoms. The molecule has 3 rings (SSSR count). The zero-order chi connectivity index (χ0) is 21.0. The Morgan fingerprint density at radius 3 is 2.66 bits per heavy atom. The lowest BCUT2D eigenvalue weighted by molar-refractivity contribution is -0.129. The predicted octanol–water partition coefficient (Wildman–Crippen LogP) is 4.64. The van der Waals surface area contributed by atoms with Gasteiger partial charge in [-0.2, -0.15) is 0 Å². The Morgan fingerprint density at radius 1 is 1.31 bits per heavy atom. The highest BCUT2D eigenvalue weighted by Gasteiger charge is 2.35. The van der Waals surface area contributed by atoms with Crippen LogP contribution in [0, 0.1) is 6.92 Å². The van der Waals surface area contributed by atoms with Crippen molar-refractivity contribution in [2.45, 2.75) is 25.5 Å². The van der Waals surface area contributed by atoms with Gasteiger partial charge in [-0.3, -0.25) is 14.5 Å². The van der Waals surface area contributed by atoms with Crippen LogP contribution >= 0.6 is 23.4 Å². The summed E-state index contributed by atoms with van der Waals surface area (Å²) < 4.78 is 5.12. The molecule has 1 heterocycles. The van der Waals surface area contributed by atoms with E-state index in [2.05, 4.69) is 10.3 Å². The second kappa shape index (κ2) is 9.33. The van der Waals surface area contributed by atoms with Gasteiger partial charge < -0.3 is 10.1 Å². The van der Waals surface area contributed by atoms with E-state index in [0.29, 0.717) is 33.9 Å². The molecule has 1 saturated heterocycles. The second-order valence-corrected chi connectivity index (χ2v) is 8.07. The molecule has 1 atom stereocenters. The SMILES string of the molecule is CCN1C(=O)CC(C(=O)Nc2ccc(OC)cc2)SC1=Nc1ccc(C)c(Cl)c1. The first-order chi connectivity index (χ1) is 13.9. The molecule has 6 nitrogen and oxygen atoms in total. The molecule has 1 fully saturated rings. The maximum Gasteiger partial charge on any atom is 0.238 e. The number of halogens is 1. The number of rotatable bonds is 5. The lowest BCUT2D eigenvalue weighted by Crippen LogP contribution is -2.45. The van der Waals surface area contributed by atoms with Crippen LogP contribution in [0.1, 0.15) is 18.9 Å². The van der Waals surface area contributed by atoms with E-state index in [1.54, 1.807) is 42.3 Å². The first kappa shape index (κ1) is 21.2. The molecule has 2 aromatic rings. The van der Waals surface area contributed by atoms with Crippen LogP contribution in [0.5, 0.6) is 5.75 Å². The molecule has 1 aliphatic heterocycles. The van der Waals surface area contributed by atoms with Gasteiger partial charge in [0.2, 0.25) is 11.8 Å². The van der Waals surface area contributed by atoms with E-state index in [0.717, 1.165) is 5.56 Å². The smallest absolute Gasteiger partial charge is 0.238 e. The maximum atomic E-state index is 12.7. The summed E-state index contributed by atoms with van der Waals surface area (Å²) in [6.07, 6.45) is 0.119. The molecular formula is C21H22ClN3O3S. The third-order valence-electron chi connectivity index (χ3n) is 4.49. The van der Waals surface area contributed by atoms with Crippen LogP contribution in [0.4, 0.5) is 11.4 Å². The summed E-state index contributed by atoms with van der Waals surface area (Å²) in [5, 5.41) is 3.40. The number of ether oxygens (including phenoxy) is 1. The number of thioether (sulfide) groups is 1. The van der Waals surface area contributed by atoms with Crippen molar-refractivity contribution < 1.29 is 14.3 Å². The molecular weight excluding hydrogens is 410 g/mol. The minimum absolute atomic E-state index is 0.119. The molecule has 1 unspecified atom stereocenters. The normalized spacial score (nSPS) is 18.1. The van der Waals surface area contributed by atoms with Crippen LogP contribution in [0.3, 0.4) is 0 Å². The van der Waals surface area contributed by atoms with Gasteiger partial charge in [-0.25, -0.2) is 4.99 Å². The fourth-order valence-corrected chi connectivity index (χ4v) is 4.15. The number of carbonyl (C=O) groups is 2. The quantitative estimate of drug-likeness (QED) is 0.748. The molecule has 152 valence electrons. The summed E-state index contributed by atoms with van der Waals surface area (Å²) in [4.78, 5) is 31.5. The summed E-state index contributed by atoms with van der Waals surface area (Å²) >= 11 is 7.47. The van der Waals surface area contributed by atoms with Gasteiger partial charge in [-0.15, -0.1) is 0 Å². The van der Waals surface area contributed by atoms with Gasteiger partial charge in [0, 0.05) is 23.7 Å². The van der Waals surface area contributed by atoms with Gasteiger partial charge in [0.25, 0.3) is 0 Å². The van der Waals surface area contributed by atoms with Crippen molar-refractivity contribution in [2.75, 3.05) is 19.0 Å². The number of carbonyl (C=O) groups excluding carboxylic acids is 2. The van der Waals surface area contributed by atoms with Gasteiger partial charge in [-0.05, 0) is 55.8 Å². The predicted molar refractivity (Wildman–Crippen MR) is 118 cm³/mol. The highest BCUT2D eigenvalue weighted by atomic mass is 35.5. The fourth-order valence-electron chi connectivity index (χ4n) is 2.81. The molecule has 29 heavy (non-hydrogen) atoms. The number of amides is 2. The van der Waals surface area contributed by atoms with Gasteiger partial charge in [0.15, 0.2) is 5.17 Å². The molecule has 2 amide bonds. The molecule has 8 heteroatoms. The van der Waals surface area contributed by atoms with Crippen molar-refractivity contribution >= 4 is 51.7 Å². The summed E-state index contributed by atoms with van der Waals surface area (Å²) in [7, 11) is 1.58. The zero-order valence-corrected chi connectivity index (χ0v) is 18.0. The number of anilines is 1.